The van der Waals surface area contributed by atoms with Crippen molar-refractivity contribution in [1.82, 2.24) is 0 Å². The van der Waals surface area contributed by atoms with Gasteiger partial charge in [-0.3, -0.25) is 9.59 Å². The third-order valence-corrected chi connectivity index (χ3v) is 5.43. The van der Waals surface area contributed by atoms with Crippen molar-refractivity contribution in [2.75, 3.05) is 11.5 Å². The average Bonchev–Trinajstić information content (AvgIpc) is 2.52. The molecule has 0 unspecified atom stereocenters. The first-order valence-corrected chi connectivity index (χ1v) is 9.01. The van der Waals surface area contributed by atoms with Crippen LogP contribution in [0, 0.1) is 0 Å². The van der Waals surface area contributed by atoms with Crippen LogP contribution in [0.3, 0.4) is 0 Å². The van der Waals surface area contributed by atoms with Crippen LogP contribution in [0.25, 0.3) is 0 Å². The van der Waals surface area contributed by atoms with Crippen molar-refractivity contribution in [1.29, 1.82) is 0 Å². The van der Waals surface area contributed by atoms with E-state index in [2.05, 4.69) is 0 Å². The fourth-order valence-corrected chi connectivity index (χ4v) is 3.69. The summed E-state index contributed by atoms with van der Waals surface area (Å²) in [6.45, 7) is 3.16. The second-order valence-corrected chi connectivity index (χ2v) is 7.19. The molecule has 0 spiro atoms. The van der Waals surface area contributed by atoms with Gasteiger partial charge in [-0.2, -0.15) is 0 Å². The van der Waals surface area contributed by atoms with E-state index >= 15 is 0 Å². The maximum absolute atomic E-state index is 11.2. The van der Waals surface area contributed by atoms with Crippen LogP contribution >= 0.6 is 23.5 Å². The van der Waals surface area contributed by atoms with Gasteiger partial charge in [0, 0.05) is 32.4 Å². The van der Waals surface area contributed by atoms with Gasteiger partial charge in [-0.1, -0.05) is 24.3 Å². The molecule has 0 N–H and O–H groups in total. The Morgan fingerprint density at radius 2 is 1.00 bits per heavy atom. The summed E-state index contributed by atoms with van der Waals surface area (Å²) in [5, 5.41) is 0. The number of Topliss-reactive ketones (excluding diaryl/α,β-unsaturated/α-hetero) is 2. The summed E-state index contributed by atoms with van der Waals surface area (Å²) in [6.07, 6.45) is 0. The Hall–Kier alpha value is -1.52. The number of hydrogen-bond donors (Lipinski definition) is 0. The zero-order chi connectivity index (χ0) is 15.9. The van der Waals surface area contributed by atoms with Crippen LogP contribution < -0.4 is 0 Å². The average molecular weight is 330 g/mol. The Morgan fingerprint density at radius 1 is 0.682 bits per heavy atom. The van der Waals surface area contributed by atoms with E-state index in [-0.39, 0.29) is 11.6 Å². The number of thioether (sulfide) groups is 2. The molecule has 0 atom stereocenters. The number of benzene rings is 2. The standard InChI is InChI=1S/C18H18O2S2/c1-13(19)15-3-7-17(8-4-15)21-11-12-22-18-9-5-16(6-10-18)14(2)20/h3-10H,11-12H2,1-2H3. The van der Waals surface area contributed by atoms with E-state index in [4.69, 9.17) is 0 Å². The normalized spacial score (nSPS) is 10.5. The van der Waals surface area contributed by atoms with Crippen LogP contribution in [0.1, 0.15) is 34.6 Å². The highest BCUT2D eigenvalue weighted by Crippen LogP contribution is 2.23. The molecule has 0 saturated heterocycles. The number of ketones is 2. The molecular formula is C18H18O2S2. The van der Waals surface area contributed by atoms with Crippen molar-refractivity contribution in [3.8, 4) is 0 Å². The van der Waals surface area contributed by atoms with Crippen LogP contribution in [-0.2, 0) is 0 Å². The highest BCUT2D eigenvalue weighted by molar-refractivity contribution is 8.03. The van der Waals surface area contributed by atoms with Crippen molar-refractivity contribution < 1.29 is 9.59 Å². The molecule has 0 aromatic heterocycles. The molecule has 0 aliphatic heterocycles. The van der Waals surface area contributed by atoms with E-state index in [1.165, 1.54) is 9.79 Å². The molecular weight excluding hydrogens is 312 g/mol. The lowest BCUT2D eigenvalue weighted by Gasteiger charge is -2.04. The van der Waals surface area contributed by atoms with Gasteiger partial charge in [0.05, 0.1) is 0 Å². The minimum atomic E-state index is 0.0983. The Morgan fingerprint density at radius 3 is 1.27 bits per heavy atom. The van der Waals surface area contributed by atoms with Crippen molar-refractivity contribution in [3.63, 3.8) is 0 Å². The first-order chi connectivity index (χ1) is 10.6. The summed E-state index contributed by atoms with van der Waals surface area (Å²) in [7, 11) is 0. The second-order valence-electron chi connectivity index (χ2n) is 4.86. The zero-order valence-corrected chi connectivity index (χ0v) is 14.3. The van der Waals surface area contributed by atoms with E-state index in [9.17, 15) is 9.59 Å². The van der Waals surface area contributed by atoms with Gasteiger partial charge in [-0.25, -0.2) is 0 Å². The lowest BCUT2D eigenvalue weighted by Crippen LogP contribution is -1.91. The highest BCUT2D eigenvalue weighted by atomic mass is 32.2. The molecule has 22 heavy (non-hydrogen) atoms. The summed E-state index contributed by atoms with van der Waals surface area (Å²) < 4.78 is 0. The molecule has 4 heteroatoms. The predicted molar refractivity (Wildman–Crippen MR) is 94.3 cm³/mol. The Labute approximate surface area is 139 Å². The summed E-state index contributed by atoms with van der Waals surface area (Å²) in [6, 6.07) is 15.5. The van der Waals surface area contributed by atoms with E-state index in [0.717, 1.165) is 22.6 Å². The third-order valence-electron chi connectivity index (χ3n) is 3.14. The zero-order valence-electron chi connectivity index (χ0n) is 12.7. The number of rotatable bonds is 7. The molecule has 0 aliphatic rings. The van der Waals surface area contributed by atoms with Crippen LogP contribution in [0.5, 0.6) is 0 Å². The SMILES string of the molecule is CC(=O)c1ccc(SCCSc2ccc(C(C)=O)cc2)cc1. The molecule has 0 amide bonds. The monoisotopic (exact) mass is 330 g/mol. The van der Waals surface area contributed by atoms with Crippen LogP contribution in [0.4, 0.5) is 0 Å². The molecule has 0 fully saturated rings. The van der Waals surface area contributed by atoms with Gasteiger partial charge in [-0.05, 0) is 38.1 Å². The Kier molecular flexibility index (Phi) is 6.28. The largest absolute Gasteiger partial charge is 0.295 e. The first kappa shape index (κ1) is 16.8. The highest BCUT2D eigenvalue weighted by Gasteiger charge is 2.01. The van der Waals surface area contributed by atoms with Crippen molar-refractivity contribution >= 4 is 35.1 Å². The molecule has 0 aliphatic carbocycles. The first-order valence-electron chi connectivity index (χ1n) is 7.04. The van der Waals surface area contributed by atoms with E-state index < -0.39 is 0 Å². The quantitative estimate of drug-likeness (QED) is 0.407. The van der Waals surface area contributed by atoms with Gasteiger partial charge in [0.25, 0.3) is 0 Å². The van der Waals surface area contributed by atoms with Crippen molar-refractivity contribution in [3.05, 3.63) is 59.7 Å². The summed E-state index contributed by atoms with van der Waals surface area (Å²) in [4.78, 5) is 24.8. The summed E-state index contributed by atoms with van der Waals surface area (Å²) in [5.41, 5.74) is 1.51. The molecule has 0 radical (unpaired) electrons. The topological polar surface area (TPSA) is 34.1 Å². The minimum Gasteiger partial charge on any atom is -0.295 e. The fraction of sp³-hybridized carbons (Fsp3) is 0.222. The molecule has 2 aromatic rings. The number of hydrogen-bond acceptors (Lipinski definition) is 4. The molecule has 2 rings (SSSR count). The van der Waals surface area contributed by atoms with E-state index in [1.807, 2.05) is 48.5 Å². The van der Waals surface area contributed by atoms with Gasteiger partial charge in [0.2, 0.25) is 0 Å². The van der Waals surface area contributed by atoms with E-state index in [1.54, 1.807) is 37.4 Å². The molecule has 0 saturated carbocycles. The van der Waals surface area contributed by atoms with Crippen LogP contribution in [-0.4, -0.2) is 23.1 Å². The molecule has 2 nitrogen and oxygen atoms in total. The van der Waals surface area contributed by atoms with Gasteiger partial charge in [0.15, 0.2) is 11.6 Å². The molecule has 114 valence electrons. The molecule has 0 heterocycles. The Bertz CT molecular complexity index is 586. The third kappa shape index (κ3) is 5.04. The van der Waals surface area contributed by atoms with Gasteiger partial charge in [0.1, 0.15) is 0 Å². The van der Waals surface area contributed by atoms with Crippen LogP contribution in [0.15, 0.2) is 58.3 Å². The smallest absolute Gasteiger partial charge is 0.159 e. The maximum atomic E-state index is 11.2. The number of carbonyl (C=O) groups is 2. The molecule has 0 bridgehead atoms. The summed E-state index contributed by atoms with van der Waals surface area (Å²) in [5.74, 6) is 2.19. The van der Waals surface area contributed by atoms with Crippen molar-refractivity contribution in [2.45, 2.75) is 23.6 Å². The summed E-state index contributed by atoms with van der Waals surface area (Å²) >= 11 is 3.56. The van der Waals surface area contributed by atoms with Crippen LogP contribution in [0.2, 0.25) is 0 Å². The predicted octanol–water partition coefficient (Wildman–Crippen LogP) is 4.98. The lowest BCUT2D eigenvalue weighted by atomic mass is 10.2. The maximum Gasteiger partial charge on any atom is 0.159 e. The number of carbonyl (C=O) groups excluding carboxylic acids is 2. The van der Waals surface area contributed by atoms with Gasteiger partial charge < -0.3 is 0 Å². The fourth-order valence-electron chi connectivity index (χ4n) is 1.89. The van der Waals surface area contributed by atoms with E-state index in [0.29, 0.717) is 0 Å². The Balaban J connectivity index is 1.77. The van der Waals surface area contributed by atoms with Gasteiger partial charge >= 0.3 is 0 Å². The second kappa shape index (κ2) is 8.20. The van der Waals surface area contributed by atoms with Crippen molar-refractivity contribution in [2.24, 2.45) is 0 Å². The van der Waals surface area contributed by atoms with Gasteiger partial charge in [-0.15, -0.1) is 23.5 Å². The minimum absolute atomic E-state index is 0.0983. The molecule has 2 aromatic carbocycles. The lowest BCUT2D eigenvalue weighted by molar-refractivity contribution is 0.100.